The van der Waals surface area contributed by atoms with Gasteiger partial charge in [0.05, 0.1) is 10.6 Å². The quantitative estimate of drug-likeness (QED) is 0.330. The molecule has 0 aromatic heterocycles. The van der Waals surface area contributed by atoms with Crippen molar-refractivity contribution in [3.05, 3.63) is 63.7 Å². The number of halogens is 1. The van der Waals surface area contributed by atoms with Crippen LogP contribution in [0.4, 0.5) is 0 Å². The van der Waals surface area contributed by atoms with E-state index in [2.05, 4.69) is 45.9 Å². The van der Waals surface area contributed by atoms with E-state index in [9.17, 15) is 9.90 Å². The van der Waals surface area contributed by atoms with E-state index in [1.807, 2.05) is 0 Å². The number of benzene rings is 1. The van der Waals surface area contributed by atoms with Crippen molar-refractivity contribution < 1.29 is 9.90 Å². The molecule has 26 heavy (non-hydrogen) atoms. The first-order chi connectivity index (χ1) is 12.3. The second-order valence-corrected chi connectivity index (χ2v) is 8.13. The topological polar surface area (TPSA) is 37.3 Å². The van der Waals surface area contributed by atoms with Gasteiger partial charge < -0.3 is 5.11 Å². The van der Waals surface area contributed by atoms with Gasteiger partial charge in [0.2, 0.25) is 0 Å². The smallest absolute Gasteiger partial charge is 0.336 e. The lowest BCUT2D eigenvalue weighted by atomic mass is 10.1. The van der Waals surface area contributed by atoms with Crippen LogP contribution < -0.4 is 0 Å². The molecule has 1 aromatic rings. The molecule has 0 fully saturated rings. The van der Waals surface area contributed by atoms with Crippen LogP contribution in [0.5, 0.6) is 0 Å². The van der Waals surface area contributed by atoms with Crippen molar-refractivity contribution in [1.29, 1.82) is 0 Å². The van der Waals surface area contributed by atoms with Crippen LogP contribution in [0.15, 0.2) is 58.0 Å². The fourth-order valence-electron chi connectivity index (χ4n) is 2.43. The predicted molar refractivity (Wildman–Crippen MR) is 115 cm³/mol. The Morgan fingerprint density at radius 3 is 2.27 bits per heavy atom. The van der Waals surface area contributed by atoms with E-state index < -0.39 is 5.97 Å². The molecule has 0 atom stereocenters. The highest BCUT2D eigenvalue weighted by molar-refractivity contribution is 7.99. The number of aromatic carboxylic acids is 1. The SMILES string of the molecule is CC(C)=CCC/C(C)=C/CC/C(C)=C/CSc1c(Cl)cccc1C(=O)O. The maximum Gasteiger partial charge on any atom is 0.336 e. The molecule has 0 spiro atoms. The molecule has 1 aromatic carbocycles. The van der Waals surface area contributed by atoms with Gasteiger partial charge in [0.15, 0.2) is 0 Å². The Bertz CT molecular complexity index is 698. The van der Waals surface area contributed by atoms with E-state index in [4.69, 9.17) is 11.6 Å². The molecule has 1 N–H and O–H groups in total. The van der Waals surface area contributed by atoms with Crippen LogP contribution >= 0.6 is 23.4 Å². The van der Waals surface area contributed by atoms with E-state index in [0.29, 0.717) is 9.92 Å². The largest absolute Gasteiger partial charge is 0.478 e. The number of thioether (sulfide) groups is 1. The van der Waals surface area contributed by atoms with Gasteiger partial charge in [-0.25, -0.2) is 4.79 Å². The zero-order valence-corrected chi connectivity index (χ0v) is 17.7. The summed E-state index contributed by atoms with van der Waals surface area (Å²) in [5, 5.41) is 9.76. The molecule has 1 rings (SSSR count). The summed E-state index contributed by atoms with van der Waals surface area (Å²) in [6, 6.07) is 4.99. The van der Waals surface area contributed by atoms with Gasteiger partial charge in [-0.05, 0) is 65.5 Å². The van der Waals surface area contributed by atoms with Gasteiger partial charge in [-0.1, -0.05) is 52.6 Å². The third-order valence-electron chi connectivity index (χ3n) is 3.98. The minimum absolute atomic E-state index is 0.267. The lowest BCUT2D eigenvalue weighted by molar-refractivity contribution is 0.0693. The van der Waals surface area contributed by atoms with Gasteiger partial charge in [0, 0.05) is 10.6 Å². The van der Waals surface area contributed by atoms with Gasteiger partial charge in [-0.15, -0.1) is 11.8 Å². The Hall–Kier alpha value is -1.45. The van der Waals surface area contributed by atoms with Gasteiger partial charge in [0.1, 0.15) is 0 Å². The lowest BCUT2D eigenvalue weighted by Crippen LogP contribution is -1.99. The number of hydrogen-bond donors (Lipinski definition) is 1. The summed E-state index contributed by atoms with van der Waals surface area (Å²) in [6.07, 6.45) is 11.1. The van der Waals surface area contributed by atoms with Crippen molar-refractivity contribution in [1.82, 2.24) is 0 Å². The summed E-state index contributed by atoms with van der Waals surface area (Å²) in [5.41, 5.74) is 4.39. The third-order valence-corrected chi connectivity index (χ3v) is 5.47. The highest BCUT2D eigenvalue weighted by Gasteiger charge is 2.12. The van der Waals surface area contributed by atoms with E-state index in [-0.39, 0.29) is 5.56 Å². The number of carboxylic acids is 1. The highest BCUT2D eigenvalue weighted by atomic mass is 35.5. The van der Waals surface area contributed by atoms with E-state index in [0.717, 1.165) is 31.4 Å². The first-order valence-corrected chi connectivity index (χ1v) is 10.3. The second kappa shape index (κ2) is 12.0. The monoisotopic (exact) mass is 392 g/mol. The molecule has 0 amide bonds. The van der Waals surface area contributed by atoms with Crippen LogP contribution in [-0.4, -0.2) is 16.8 Å². The Morgan fingerprint density at radius 1 is 1.04 bits per heavy atom. The van der Waals surface area contributed by atoms with Gasteiger partial charge in [-0.3, -0.25) is 0 Å². The lowest BCUT2D eigenvalue weighted by Gasteiger charge is -2.07. The Morgan fingerprint density at radius 2 is 1.65 bits per heavy atom. The van der Waals surface area contributed by atoms with Gasteiger partial charge in [0.25, 0.3) is 0 Å². The number of allylic oxidation sites excluding steroid dienone is 5. The van der Waals surface area contributed by atoms with E-state index in [1.165, 1.54) is 28.5 Å². The van der Waals surface area contributed by atoms with Crippen LogP contribution in [0.25, 0.3) is 0 Å². The molecule has 142 valence electrons. The normalized spacial score (nSPS) is 12.2. The highest BCUT2D eigenvalue weighted by Crippen LogP contribution is 2.31. The molecular formula is C22H29ClO2S. The Labute approximate surface area is 167 Å². The molecule has 4 heteroatoms. The zero-order chi connectivity index (χ0) is 19.5. The van der Waals surface area contributed by atoms with Crippen molar-refractivity contribution in [3.8, 4) is 0 Å². The fraction of sp³-hybridized carbons (Fsp3) is 0.409. The second-order valence-electron chi connectivity index (χ2n) is 6.69. The molecule has 0 saturated carbocycles. The van der Waals surface area contributed by atoms with Gasteiger partial charge >= 0.3 is 5.97 Å². The van der Waals surface area contributed by atoms with Crippen molar-refractivity contribution in [2.75, 3.05) is 5.75 Å². The summed E-state index contributed by atoms with van der Waals surface area (Å²) < 4.78 is 0. The summed E-state index contributed by atoms with van der Waals surface area (Å²) in [5.74, 6) is -0.219. The molecule has 0 radical (unpaired) electrons. The standard InChI is InChI=1S/C22H29ClO2S/c1-16(2)8-5-9-17(3)10-6-11-18(4)14-15-26-21-19(22(24)25)12-7-13-20(21)23/h7-8,10,12-14H,5-6,9,11,15H2,1-4H3,(H,24,25)/b17-10+,18-14+. The first-order valence-electron chi connectivity index (χ1n) is 8.90. The number of carbonyl (C=O) groups is 1. The molecular weight excluding hydrogens is 364 g/mol. The van der Waals surface area contributed by atoms with Crippen molar-refractivity contribution in [3.63, 3.8) is 0 Å². The molecule has 0 bridgehead atoms. The van der Waals surface area contributed by atoms with Crippen LogP contribution in [-0.2, 0) is 0 Å². The van der Waals surface area contributed by atoms with Crippen LogP contribution in [0.3, 0.4) is 0 Å². The Balaban J connectivity index is 2.48. The minimum atomic E-state index is -0.940. The maximum absolute atomic E-state index is 11.3. The zero-order valence-electron chi connectivity index (χ0n) is 16.1. The Kier molecular flexibility index (Phi) is 10.5. The summed E-state index contributed by atoms with van der Waals surface area (Å²) in [6.45, 7) is 8.58. The fourth-order valence-corrected chi connectivity index (χ4v) is 3.82. The van der Waals surface area contributed by atoms with E-state index in [1.54, 1.807) is 18.2 Å². The number of rotatable bonds is 10. The maximum atomic E-state index is 11.3. The molecule has 0 aliphatic rings. The number of carboxylic acid groups (broad SMARTS) is 1. The molecule has 0 heterocycles. The molecule has 0 unspecified atom stereocenters. The van der Waals surface area contributed by atoms with Crippen molar-refractivity contribution >= 4 is 29.3 Å². The van der Waals surface area contributed by atoms with E-state index >= 15 is 0 Å². The average Bonchev–Trinajstić information content (AvgIpc) is 2.55. The summed E-state index contributed by atoms with van der Waals surface area (Å²) >= 11 is 7.62. The summed E-state index contributed by atoms with van der Waals surface area (Å²) in [7, 11) is 0. The number of hydrogen-bond acceptors (Lipinski definition) is 2. The van der Waals surface area contributed by atoms with Crippen molar-refractivity contribution in [2.45, 2.75) is 58.3 Å². The third kappa shape index (κ3) is 8.77. The van der Waals surface area contributed by atoms with Crippen molar-refractivity contribution in [2.24, 2.45) is 0 Å². The van der Waals surface area contributed by atoms with Crippen LogP contribution in [0.2, 0.25) is 5.02 Å². The molecule has 2 nitrogen and oxygen atoms in total. The predicted octanol–water partition coefficient (Wildman–Crippen LogP) is 7.55. The van der Waals surface area contributed by atoms with Crippen LogP contribution in [0, 0.1) is 0 Å². The molecule has 0 aliphatic carbocycles. The minimum Gasteiger partial charge on any atom is -0.478 e. The molecule has 0 aliphatic heterocycles. The molecule has 0 saturated heterocycles. The first kappa shape index (κ1) is 22.6. The van der Waals surface area contributed by atoms with Gasteiger partial charge in [-0.2, -0.15) is 0 Å². The summed E-state index contributed by atoms with van der Waals surface area (Å²) in [4.78, 5) is 11.9. The van der Waals surface area contributed by atoms with Crippen LogP contribution in [0.1, 0.15) is 63.7 Å². The average molecular weight is 393 g/mol.